The van der Waals surface area contributed by atoms with Crippen LogP contribution in [0.25, 0.3) is 0 Å². The first kappa shape index (κ1) is 20.1. The standard InChI is InChI=1S/C22H24N2O3S/c1-24(16-17-27-20-12-14-21(15-13-20)28(23,25)26)22(18-8-4-2-5-9-18)19-10-6-3-7-11-19/h2-15,22H,16-17H2,1H3,(H2,23,25,26). The molecule has 0 aliphatic carbocycles. The fourth-order valence-electron chi connectivity index (χ4n) is 3.13. The number of hydrogen-bond donors (Lipinski definition) is 1. The number of primary sulfonamides is 1. The number of rotatable bonds is 8. The SMILES string of the molecule is CN(CCOc1ccc(S(N)(=O)=O)cc1)C(c1ccccc1)c1ccccc1. The molecule has 0 atom stereocenters. The summed E-state index contributed by atoms with van der Waals surface area (Å²) in [5.74, 6) is 0.608. The van der Waals surface area contributed by atoms with E-state index in [1.54, 1.807) is 12.1 Å². The molecule has 0 amide bonds. The molecule has 0 aromatic heterocycles. The zero-order chi connectivity index (χ0) is 20.0. The molecule has 3 aromatic carbocycles. The number of nitrogens with two attached hydrogens (primary N) is 1. The van der Waals surface area contributed by atoms with Crippen LogP contribution < -0.4 is 9.88 Å². The van der Waals surface area contributed by atoms with E-state index in [0.717, 1.165) is 0 Å². The van der Waals surface area contributed by atoms with Gasteiger partial charge in [-0.1, -0.05) is 60.7 Å². The van der Waals surface area contributed by atoms with Crippen LogP contribution in [0, 0.1) is 0 Å². The van der Waals surface area contributed by atoms with E-state index in [1.165, 1.54) is 23.3 Å². The molecule has 0 radical (unpaired) electrons. The van der Waals surface area contributed by atoms with Gasteiger partial charge in [-0.3, -0.25) is 4.90 Å². The quantitative estimate of drug-likeness (QED) is 0.633. The third kappa shape index (κ3) is 5.19. The minimum absolute atomic E-state index is 0.0742. The Morgan fingerprint density at radius 2 is 1.36 bits per heavy atom. The molecule has 0 bridgehead atoms. The van der Waals surface area contributed by atoms with Crippen molar-refractivity contribution in [2.45, 2.75) is 10.9 Å². The van der Waals surface area contributed by atoms with Gasteiger partial charge >= 0.3 is 0 Å². The van der Waals surface area contributed by atoms with Gasteiger partial charge in [0.15, 0.2) is 0 Å². The van der Waals surface area contributed by atoms with Gasteiger partial charge in [-0.2, -0.15) is 0 Å². The van der Waals surface area contributed by atoms with Crippen LogP contribution in [-0.4, -0.2) is 33.5 Å². The number of ether oxygens (including phenoxy) is 1. The molecule has 0 saturated heterocycles. The van der Waals surface area contributed by atoms with Crippen molar-refractivity contribution in [1.82, 2.24) is 4.90 Å². The van der Waals surface area contributed by atoms with Crippen LogP contribution in [0.1, 0.15) is 17.2 Å². The molecular weight excluding hydrogens is 372 g/mol. The van der Waals surface area contributed by atoms with Gasteiger partial charge < -0.3 is 4.74 Å². The monoisotopic (exact) mass is 396 g/mol. The summed E-state index contributed by atoms with van der Waals surface area (Å²) in [5, 5.41) is 5.12. The lowest BCUT2D eigenvalue weighted by molar-refractivity contribution is 0.210. The van der Waals surface area contributed by atoms with Gasteiger partial charge in [0, 0.05) is 6.54 Å². The summed E-state index contributed by atoms with van der Waals surface area (Å²) in [5.41, 5.74) is 2.43. The highest BCUT2D eigenvalue weighted by molar-refractivity contribution is 7.89. The third-order valence-electron chi connectivity index (χ3n) is 4.54. The van der Waals surface area contributed by atoms with Crippen molar-refractivity contribution in [2.75, 3.05) is 20.2 Å². The molecule has 146 valence electrons. The summed E-state index contributed by atoms with van der Waals surface area (Å²) in [6.45, 7) is 1.17. The predicted molar refractivity (Wildman–Crippen MR) is 111 cm³/mol. The summed E-state index contributed by atoms with van der Waals surface area (Å²) >= 11 is 0. The second-order valence-electron chi connectivity index (χ2n) is 6.57. The molecule has 0 heterocycles. The Morgan fingerprint density at radius 1 is 0.857 bits per heavy atom. The summed E-state index contributed by atoms with van der Waals surface area (Å²) in [6.07, 6.45) is 0. The topological polar surface area (TPSA) is 72.6 Å². The van der Waals surface area contributed by atoms with Crippen LogP contribution in [0.15, 0.2) is 89.8 Å². The molecule has 0 fully saturated rings. The third-order valence-corrected chi connectivity index (χ3v) is 5.47. The molecule has 0 aliphatic heterocycles. The van der Waals surface area contributed by atoms with Gasteiger partial charge in [0.25, 0.3) is 0 Å². The number of benzene rings is 3. The molecule has 0 spiro atoms. The van der Waals surface area contributed by atoms with Crippen molar-refractivity contribution in [3.05, 3.63) is 96.1 Å². The van der Waals surface area contributed by atoms with Crippen molar-refractivity contribution in [1.29, 1.82) is 0 Å². The van der Waals surface area contributed by atoms with E-state index < -0.39 is 10.0 Å². The van der Waals surface area contributed by atoms with Crippen LogP contribution in [0.3, 0.4) is 0 Å². The molecule has 3 rings (SSSR count). The zero-order valence-electron chi connectivity index (χ0n) is 15.7. The Morgan fingerprint density at radius 3 is 1.82 bits per heavy atom. The van der Waals surface area contributed by atoms with Crippen molar-refractivity contribution in [3.63, 3.8) is 0 Å². The highest BCUT2D eigenvalue weighted by atomic mass is 32.2. The molecule has 5 nitrogen and oxygen atoms in total. The van der Waals surface area contributed by atoms with E-state index in [4.69, 9.17) is 9.88 Å². The molecular formula is C22H24N2O3S. The second kappa shape index (κ2) is 9.01. The Hall–Kier alpha value is -2.67. The Labute approximate surface area is 166 Å². The highest BCUT2D eigenvalue weighted by Gasteiger charge is 2.18. The van der Waals surface area contributed by atoms with Gasteiger partial charge in [-0.15, -0.1) is 0 Å². The minimum atomic E-state index is -3.69. The van der Waals surface area contributed by atoms with E-state index in [2.05, 4.69) is 36.2 Å². The van der Waals surface area contributed by atoms with Crippen LogP contribution >= 0.6 is 0 Å². The van der Waals surface area contributed by atoms with Crippen LogP contribution in [0.4, 0.5) is 0 Å². The molecule has 2 N–H and O–H groups in total. The van der Waals surface area contributed by atoms with Gasteiger partial charge in [-0.25, -0.2) is 13.6 Å². The van der Waals surface area contributed by atoms with E-state index in [9.17, 15) is 8.42 Å². The molecule has 28 heavy (non-hydrogen) atoms. The van der Waals surface area contributed by atoms with Gasteiger partial charge in [-0.05, 0) is 42.4 Å². The first-order valence-electron chi connectivity index (χ1n) is 9.01. The van der Waals surface area contributed by atoms with Crippen LogP contribution in [0.5, 0.6) is 5.75 Å². The predicted octanol–water partition coefficient (Wildman–Crippen LogP) is 3.43. The Kier molecular flexibility index (Phi) is 6.46. The second-order valence-corrected chi connectivity index (χ2v) is 8.13. The average molecular weight is 397 g/mol. The Balaban J connectivity index is 1.67. The molecule has 0 saturated carbocycles. The first-order valence-corrected chi connectivity index (χ1v) is 10.6. The minimum Gasteiger partial charge on any atom is -0.492 e. The Bertz CT molecular complexity index is 936. The fraction of sp³-hybridized carbons (Fsp3) is 0.182. The van der Waals surface area contributed by atoms with E-state index in [-0.39, 0.29) is 10.9 Å². The lowest BCUT2D eigenvalue weighted by atomic mass is 9.97. The van der Waals surface area contributed by atoms with Crippen molar-refractivity contribution < 1.29 is 13.2 Å². The van der Waals surface area contributed by atoms with Crippen LogP contribution in [0.2, 0.25) is 0 Å². The highest BCUT2D eigenvalue weighted by Crippen LogP contribution is 2.27. The number of sulfonamides is 1. The summed E-state index contributed by atoms with van der Waals surface area (Å²) < 4.78 is 28.4. The number of hydrogen-bond acceptors (Lipinski definition) is 4. The smallest absolute Gasteiger partial charge is 0.238 e. The maximum atomic E-state index is 11.3. The largest absolute Gasteiger partial charge is 0.492 e. The zero-order valence-corrected chi connectivity index (χ0v) is 16.5. The number of likely N-dealkylation sites (N-methyl/N-ethyl adjacent to an activating group) is 1. The van der Waals surface area contributed by atoms with Crippen molar-refractivity contribution >= 4 is 10.0 Å². The maximum Gasteiger partial charge on any atom is 0.238 e. The molecule has 3 aromatic rings. The van der Waals surface area contributed by atoms with Gasteiger partial charge in [0.2, 0.25) is 10.0 Å². The molecule has 0 aliphatic rings. The summed E-state index contributed by atoms with van der Waals surface area (Å²) in [7, 11) is -1.62. The molecule has 6 heteroatoms. The van der Waals surface area contributed by atoms with Gasteiger partial charge in [0.05, 0.1) is 10.9 Å². The van der Waals surface area contributed by atoms with Crippen molar-refractivity contribution in [3.8, 4) is 5.75 Å². The van der Waals surface area contributed by atoms with E-state index in [0.29, 0.717) is 18.9 Å². The first-order chi connectivity index (χ1) is 13.4. The summed E-state index contributed by atoms with van der Waals surface area (Å²) in [4.78, 5) is 2.31. The normalized spacial score (nSPS) is 11.7. The van der Waals surface area contributed by atoms with Gasteiger partial charge in [0.1, 0.15) is 12.4 Å². The number of nitrogens with zero attached hydrogens (tertiary/aromatic N) is 1. The van der Waals surface area contributed by atoms with E-state index >= 15 is 0 Å². The lowest BCUT2D eigenvalue weighted by Crippen LogP contribution is -2.29. The average Bonchev–Trinajstić information content (AvgIpc) is 2.70. The maximum absolute atomic E-state index is 11.3. The van der Waals surface area contributed by atoms with Crippen LogP contribution in [-0.2, 0) is 10.0 Å². The fourth-order valence-corrected chi connectivity index (χ4v) is 3.65. The lowest BCUT2D eigenvalue weighted by Gasteiger charge is -2.29. The molecule has 0 unspecified atom stereocenters. The van der Waals surface area contributed by atoms with E-state index in [1.807, 2.05) is 36.4 Å². The summed E-state index contributed by atoms with van der Waals surface area (Å²) in [6, 6.07) is 27.0. The van der Waals surface area contributed by atoms with Crippen molar-refractivity contribution in [2.24, 2.45) is 5.14 Å².